The maximum atomic E-state index is 11.8. The molecule has 0 radical (unpaired) electrons. The molecular weight excluding hydrogens is 284 g/mol. The van der Waals surface area contributed by atoms with Gasteiger partial charge in [0.1, 0.15) is 5.76 Å². The summed E-state index contributed by atoms with van der Waals surface area (Å²) in [5.74, 6) is -0.479. The molecule has 0 saturated heterocycles. The molecule has 2 N–H and O–H groups in total. The molecule has 0 spiro atoms. The number of amides is 1. The van der Waals surface area contributed by atoms with Gasteiger partial charge in [0.25, 0.3) is 0 Å². The average Bonchev–Trinajstić information content (AvgIpc) is 2.83. The van der Waals surface area contributed by atoms with Crippen molar-refractivity contribution in [1.82, 2.24) is 10.5 Å². The first-order valence-electron chi connectivity index (χ1n) is 6.68. The van der Waals surface area contributed by atoms with Crippen LogP contribution in [0.4, 0.5) is 0 Å². The van der Waals surface area contributed by atoms with Gasteiger partial charge in [-0.3, -0.25) is 9.59 Å². The summed E-state index contributed by atoms with van der Waals surface area (Å²) in [6, 6.07) is 1.67. The Labute approximate surface area is 121 Å². The third kappa shape index (κ3) is 4.23. The highest BCUT2D eigenvalue weighted by Gasteiger charge is 2.26. The summed E-state index contributed by atoms with van der Waals surface area (Å²) >= 11 is 5.62. The standard InChI is InChI=1S/C13H17ClN2O4/c14-11-7-10(20-16-11)5-6-12(17)15-9-3-1-8(2-4-9)13(18)19/h7-9H,1-6H2,(H,15,17)(H,18,19). The van der Waals surface area contributed by atoms with Gasteiger partial charge in [-0.05, 0) is 25.7 Å². The van der Waals surface area contributed by atoms with Gasteiger partial charge in [0.05, 0.1) is 5.92 Å². The number of carbonyl (C=O) groups excluding carboxylic acids is 1. The van der Waals surface area contributed by atoms with Crippen LogP contribution < -0.4 is 5.32 Å². The van der Waals surface area contributed by atoms with Gasteiger partial charge in [-0.15, -0.1) is 0 Å². The highest BCUT2D eigenvalue weighted by molar-refractivity contribution is 6.29. The minimum Gasteiger partial charge on any atom is -0.481 e. The molecular formula is C13H17ClN2O4. The minimum atomic E-state index is -0.739. The molecule has 0 aromatic carbocycles. The normalized spacial score (nSPS) is 22.4. The van der Waals surface area contributed by atoms with E-state index in [1.165, 1.54) is 0 Å². The third-order valence-electron chi connectivity index (χ3n) is 3.57. The van der Waals surface area contributed by atoms with Gasteiger partial charge in [-0.2, -0.15) is 0 Å². The van der Waals surface area contributed by atoms with E-state index in [1.807, 2.05) is 0 Å². The van der Waals surface area contributed by atoms with E-state index < -0.39 is 5.97 Å². The molecule has 0 bridgehead atoms. The van der Waals surface area contributed by atoms with Crippen LogP contribution in [0.3, 0.4) is 0 Å². The van der Waals surface area contributed by atoms with Crippen molar-refractivity contribution >= 4 is 23.5 Å². The summed E-state index contributed by atoms with van der Waals surface area (Å²) in [7, 11) is 0. The number of aliphatic carboxylic acids is 1. The Balaban J connectivity index is 1.69. The van der Waals surface area contributed by atoms with Crippen LogP contribution in [-0.4, -0.2) is 28.2 Å². The van der Waals surface area contributed by atoms with Crippen LogP contribution in [0.25, 0.3) is 0 Å². The second kappa shape index (κ2) is 6.74. The smallest absolute Gasteiger partial charge is 0.306 e. The van der Waals surface area contributed by atoms with Gasteiger partial charge >= 0.3 is 5.97 Å². The van der Waals surface area contributed by atoms with E-state index in [-0.39, 0.29) is 23.0 Å². The average molecular weight is 301 g/mol. The Hall–Kier alpha value is -1.56. The Morgan fingerprint density at radius 3 is 2.65 bits per heavy atom. The molecule has 1 saturated carbocycles. The molecule has 1 amide bonds. The van der Waals surface area contributed by atoms with Gasteiger partial charge in [0.15, 0.2) is 5.15 Å². The largest absolute Gasteiger partial charge is 0.481 e. The zero-order valence-corrected chi connectivity index (χ0v) is 11.7. The monoisotopic (exact) mass is 300 g/mol. The van der Waals surface area contributed by atoms with Gasteiger partial charge in [-0.1, -0.05) is 16.8 Å². The number of nitrogens with zero attached hydrogens (tertiary/aromatic N) is 1. The van der Waals surface area contributed by atoms with Crippen molar-refractivity contribution in [2.24, 2.45) is 5.92 Å². The molecule has 20 heavy (non-hydrogen) atoms. The molecule has 0 aliphatic heterocycles. The highest BCUT2D eigenvalue weighted by atomic mass is 35.5. The molecule has 1 aliphatic carbocycles. The number of hydrogen-bond acceptors (Lipinski definition) is 4. The van der Waals surface area contributed by atoms with Gasteiger partial charge in [0, 0.05) is 24.9 Å². The molecule has 7 heteroatoms. The van der Waals surface area contributed by atoms with Gasteiger partial charge < -0.3 is 14.9 Å². The van der Waals surface area contributed by atoms with Crippen molar-refractivity contribution in [2.75, 3.05) is 0 Å². The molecule has 1 heterocycles. The number of nitrogens with one attached hydrogen (secondary N) is 1. The lowest BCUT2D eigenvalue weighted by atomic mass is 9.86. The summed E-state index contributed by atoms with van der Waals surface area (Å²) in [4.78, 5) is 22.6. The first kappa shape index (κ1) is 14.8. The zero-order chi connectivity index (χ0) is 14.5. The zero-order valence-electron chi connectivity index (χ0n) is 11.0. The van der Waals surface area contributed by atoms with Gasteiger partial charge in [-0.25, -0.2) is 0 Å². The summed E-state index contributed by atoms with van der Waals surface area (Å²) in [5.41, 5.74) is 0. The van der Waals surface area contributed by atoms with Crippen molar-refractivity contribution in [2.45, 2.75) is 44.6 Å². The van der Waals surface area contributed by atoms with E-state index in [4.69, 9.17) is 21.2 Å². The SMILES string of the molecule is O=C(CCc1cc(Cl)no1)NC1CCC(C(=O)O)CC1. The summed E-state index contributed by atoms with van der Waals surface area (Å²) in [5, 5.41) is 15.7. The molecule has 2 rings (SSSR count). The van der Waals surface area contributed by atoms with Crippen LogP contribution in [0.5, 0.6) is 0 Å². The number of halogens is 1. The number of hydrogen-bond donors (Lipinski definition) is 2. The molecule has 0 unspecified atom stereocenters. The number of carboxylic acids is 1. The lowest BCUT2D eigenvalue weighted by Crippen LogP contribution is -2.38. The molecule has 6 nitrogen and oxygen atoms in total. The Bertz CT molecular complexity index is 480. The number of aromatic nitrogens is 1. The predicted molar refractivity (Wildman–Crippen MR) is 71.4 cm³/mol. The fraction of sp³-hybridized carbons (Fsp3) is 0.615. The van der Waals surface area contributed by atoms with Gasteiger partial charge in [0.2, 0.25) is 5.91 Å². The third-order valence-corrected chi connectivity index (χ3v) is 3.75. The Kier molecular flexibility index (Phi) is 5.00. The first-order chi connectivity index (χ1) is 9.54. The van der Waals surface area contributed by atoms with Crippen molar-refractivity contribution in [3.63, 3.8) is 0 Å². The molecule has 1 fully saturated rings. The molecule has 110 valence electrons. The lowest BCUT2D eigenvalue weighted by molar-refractivity contribution is -0.142. The van der Waals surface area contributed by atoms with E-state index in [2.05, 4.69) is 10.5 Å². The molecule has 0 atom stereocenters. The summed E-state index contributed by atoms with van der Waals surface area (Å²) in [6.07, 6.45) is 3.45. The quantitative estimate of drug-likeness (QED) is 0.868. The van der Waals surface area contributed by atoms with E-state index in [1.54, 1.807) is 6.07 Å². The van der Waals surface area contributed by atoms with Crippen molar-refractivity contribution in [1.29, 1.82) is 0 Å². The maximum Gasteiger partial charge on any atom is 0.306 e. The maximum absolute atomic E-state index is 11.8. The molecule has 1 aliphatic rings. The summed E-state index contributed by atoms with van der Waals surface area (Å²) in [6.45, 7) is 0. The van der Waals surface area contributed by atoms with Crippen LogP contribution in [0.2, 0.25) is 5.15 Å². The second-order valence-corrected chi connectivity index (χ2v) is 5.46. The highest BCUT2D eigenvalue weighted by Crippen LogP contribution is 2.24. The van der Waals surface area contributed by atoms with E-state index in [0.717, 1.165) is 12.8 Å². The fourth-order valence-corrected chi connectivity index (χ4v) is 2.58. The van der Waals surface area contributed by atoms with Crippen LogP contribution >= 0.6 is 11.6 Å². The number of carboxylic acid groups (broad SMARTS) is 1. The van der Waals surface area contributed by atoms with E-state index in [0.29, 0.717) is 31.4 Å². The Morgan fingerprint density at radius 2 is 2.10 bits per heavy atom. The van der Waals surface area contributed by atoms with Crippen LogP contribution in [-0.2, 0) is 16.0 Å². The minimum absolute atomic E-state index is 0.0590. The summed E-state index contributed by atoms with van der Waals surface area (Å²) < 4.78 is 4.92. The van der Waals surface area contributed by atoms with Crippen molar-refractivity contribution < 1.29 is 19.2 Å². The topological polar surface area (TPSA) is 92.4 Å². The van der Waals surface area contributed by atoms with Crippen molar-refractivity contribution in [3.8, 4) is 0 Å². The first-order valence-corrected chi connectivity index (χ1v) is 7.05. The fourth-order valence-electron chi connectivity index (χ4n) is 2.43. The van der Waals surface area contributed by atoms with Crippen LogP contribution in [0, 0.1) is 5.92 Å². The lowest BCUT2D eigenvalue weighted by Gasteiger charge is -2.26. The predicted octanol–water partition coefficient (Wildman–Crippen LogP) is 2.02. The van der Waals surface area contributed by atoms with Crippen molar-refractivity contribution in [3.05, 3.63) is 17.0 Å². The van der Waals surface area contributed by atoms with E-state index >= 15 is 0 Å². The Morgan fingerprint density at radius 1 is 1.40 bits per heavy atom. The molecule has 1 aromatic rings. The second-order valence-electron chi connectivity index (χ2n) is 5.07. The number of aryl methyl sites for hydroxylation is 1. The van der Waals surface area contributed by atoms with E-state index in [9.17, 15) is 9.59 Å². The number of rotatable bonds is 5. The van der Waals surface area contributed by atoms with Crippen LogP contribution in [0.1, 0.15) is 37.9 Å². The molecule has 1 aromatic heterocycles. The number of carbonyl (C=O) groups is 2. The van der Waals surface area contributed by atoms with Crippen LogP contribution in [0.15, 0.2) is 10.6 Å².